The molecule has 0 bridgehead atoms. The fourth-order valence-corrected chi connectivity index (χ4v) is 2.83. The van der Waals surface area contributed by atoms with E-state index in [0.29, 0.717) is 0 Å². The number of rotatable bonds is 5. The number of alkyl halides is 3. The van der Waals surface area contributed by atoms with Crippen LogP contribution in [0, 0.1) is 5.82 Å². The fraction of sp³-hybridized carbons (Fsp3) is 0.0952. The summed E-state index contributed by atoms with van der Waals surface area (Å²) >= 11 is 5.83. The van der Waals surface area contributed by atoms with Crippen LogP contribution in [-0.4, -0.2) is 24.0 Å². The highest BCUT2D eigenvalue weighted by Crippen LogP contribution is 2.36. The molecule has 0 unspecified atom stereocenters. The lowest BCUT2D eigenvalue weighted by Gasteiger charge is -2.11. The molecule has 0 fully saturated rings. The van der Waals surface area contributed by atoms with Crippen LogP contribution in [-0.2, 0) is 6.18 Å². The Bertz CT molecular complexity index is 1190. The Morgan fingerprint density at radius 2 is 1.82 bits per heavy atom. The average molecular weight is 484 g/mol. The number of aromatic nitrogens is 1. The molecule has 0 aliphatic heterocycles. The minimum absolute atomic E-state index is 0.0187. The number of hydrogen-bond acceptors (Lipinski definition) is 5. The van der Waals surface area contributed by atoms with Gasteiger partial charge in [0.25, 0.3) is 5.91 Å². The molecule has 0 aliphatic carbocycles. The van der Waals surface area contributed by atoms with Gasteiger partial charge in [-0.05, 0) is 36.4 Å². The molecule has 172 valence electrons. The van der Waals surface area contributed by atoms with Gasteiger partial charge in [-0.1, -0.05) is 17.7 Å². The number of carbonyl (C=O) groups is 2. The molecule has 0 radical (unpaired) electrons. The summed E-state index contributed by atoms with van der Waals surface area (Å²) in [6.07, 6.45) is -3.38. The number of carbonyl (C=O) groups excluding carboxylic acids is 2. The largest absolute Gasteiger partial charge is 0.496 e. The third-order valence-corrected chi connectivity index (χ3v) is 4.41. The molecule has 3 amide bonds. The number of imide groups is 1. The summed E-state index contributed by atoms with van der Waals surface area (Å²) in [6.45, 7) is 0. The number of nitrogens with zero attached hydrogens (tertiary/aromatic N) is 1. The SMILES string of the molecule is COc1cccc(F)c1C(=O)NC(=O)Nc1ccc(Oc2ccc(C(F)(F)F)cc2Cl)nc1. The van der Waals surface area contributed by atoms with Crippen LogP contribution in [0.4, 0.5) is 28.0 Å². The van der Waals surface area contributed by atoms with Crippen molar-refractivity contribution < 1.29 is 36.6 Å². The summed E-state index contributed by atoms with van der Waals surface area (Å²) < 4.78 is 62.3. The summed E-state index contributed by atoms with van der Waals surface area (Å²) in [5, 5.41) is 4.02. The van der Waals surface area contributed by atoms with E-state index in [0.717, 1.165) is 24.3 Å². The smallest absolute Gasteiger partial charge is 0.416 e. The van der Waals surface area contributed by atoms with Crippen molar-refractivity contribution in [1.82, 2.24) is 10.3 Å². The predicted molar refractivity (Wildman–Crippen MR) is 110 cm³/mol. The number of nitrogens with one attached hydrogen (secondary N) is 2. The Balaban J connectivity index is 1.63. The highest BCUT2D eigenvalue weighted by Gasteiger charge is 2.31. The highest BCUT2D eigenvalue weighted by atomic mass is 35.5. The lowest BCUT2D eigenvalue weighted by Crippen LogP contribution is -2.35. The zero-order chi connectivity index (χ0) is 24.2. The van der Waals surface area contributed by atoms with Gasteiger partial charge in [0.1, 0.15) is 22.9 Å². The van der Waals surface area contributed by atoms with Crippen LogP contribution in [0.3, 0.4) is 0 Å². The van der Waals surface area contributed by atoms with Crippen molar-refractivity contribution in [2.75, 3.05) is 12.4 Å². The summed E-state index contributed by atoms with van der Waals surface area (Å²) in [7, 11) is 1.25. The third kappa shape index (κ3) is 5.89. The number of halogens is 5. The van der Waals surface area contributed by atoms with Gasteiger partial charge < -0.3 is 14.8 Å². The molecule has 3 aromatic rings. The van der Waals surface area contributed by atoms with Crippen molar-refractivity contribution in [2.24, 2.45) is 0 Å². The second-order valence-corrected chi connectivity index (χ2v) is 6.76. The summed E-state index contributed by atoms with van der Waals surface area (Å²) in [5.74, 6) is -2.02. The van der Waals surface area contributed by atoms with Crippen molar-refractivity contribution in [3.63, 3.8) is 0 Å². The first-order chi connectivity index (χ1) is 15.6. The number of urea groups is 1. The zero-order valence-corrected chi connectivity index (χ0v) is 17.4. The lowest BCUT2D eigenvalue weighted by molar-refractivity contribution is -0.137. The van der Waals surface area contributed by atoms with E-state index >= 15 is 0 Å². The molecule has 1 heterocycles. The maximum absolute atomic E-state index is 13.9. The van der Waals surface area contributed by atoms with E-state index in [9.17, 15) is 27.2 Å². The first-order valence-corrected chi connectivity index (χ1v) is 9.41. The monoisotopic (exact) mass is 483 g/mol. The van der Waals surface area contributed by atoms with E-state index in [-0.39, 0.29) is 28.1 Å². The molecule has 1 aromatic heterocycles. The first-order valence-electron chi connectivity index (χ1n) is 9.04. The topological polar surface area (TPSA) is 89.5 Å². The third-order valence-electron chi connectivity index (χ3n) is 4.12. The van der Waals surface area contributed by atoms with E-state index in [2.05, 4.69) is 10.3 Å². The Morgan fingerprint density at radius 3 is 2.42 bits per heavy atom. The molecule has 0 saturated carbocycles. The second-order valence-electron chi connectivity index (χ2n) is 6.36. The molecule has 0 spiro atoms. The van der Waals surface area contributed by atoms with Gasteiger partial charge in [0.05, 0.1) is 29.6 Å². The van der Waals surface area contributed by atoms with Crippen LogP contribution in [0.5, 0.6) is 17.4 Å². The van der Waals surface area contributed by atoms with Gasteiger partial charge in [0, 0.05) is 6.07 Å². The molecule has 2 N–H and O–H groups in total. The standard InChI is InChI=1S/C21H14ClF4N3O4/c1-32-16-4-2-3-14(23)18(16)19(30)29-20(31)28-12-6-8-17(27-10-12)33-15-7-5-11(9-13(15)22)21(24,25)26/h2-10H,1H3,(H2,28,29,30,31). The molecule has 3 rings (SSSR count). The summed E-state index contributed by atoms with van der Waals surface area (Å²) in [4.78, 5) is 28.2. The van der Waals surface area contributed by atoms with Crippen molar-refractivity contribution in [1.29, 1.82) is 0 Å². The first kappa shape index (κ1) is 23.8. The second kappa shape index (κ2) is 9.74. The lowest BCUT2D eigenvalue weighted by atomic mass is 10.1. The average Bonchev–Trinajstić information content (AvgIpc) is 2.75. The predicted octanol–water partition coefficient (Wildman–Crippen LogP) is 5.66. The number of anilines is 1. The Morgan fingerprint density at radius 1 is 1.06 bits per heavy atom. The van der Waals surface area contributed by atoms with Crippen molar-refractivity contribution in [3.8, 4) is 17.4 Å². The number of pyridine rings is 1. The van der Waals surface area contributed by atoms with Crippen LogP contribution in [0.15, 0.2) is 54.7 Å². The van der Waals surface area contributed by atoms with Gasteiger partial charge >= 0.3 is 12.2 Å². The maximum atomic E-state index is 13.9. The van der Waals surface area contributed by atoms with Gasteiger partial charge in [-0.15, -0.1) is 0 Å². The molecule has 7 nitrogen and oxygen atoms in total. The van der Waals surface area contributed by atoms with E-state index in [4.69, 9.17) is 21.1 Å². The normalized spacial score (nSPS) is 11.0. The van der Waals surface area contributed by atoms with Gasteiger partial charge in [-0.3, -0.25) is 10.1 Å². The zero-order valence-electron chi connectivity index (χ0n) is 16.7. The van der Waals surface area contributed by atoms with Crippen LogP contribution in [0.2, 0.25) is 5.02 Å². The number of benzene rings is 2. The number of amides is 3. The molecule has 2 aromatic carbocycles. The fourth-order valence-electron chi connectivity index (χ4n) is 2.61. The van der Waals surface area contributed by atoms with Crippen LogP contribution in [0.25, 0.3) is 0 Å². The van der Waals surface area contributed by atoms with Gasteiger partial charge in [-0.25, -0.2) is 14.2 Å². The molecule has 0 aliphatic rings. The van der Waals surface area contributed by atoms with Gasteiger partial charge in [0.15, 0.2) is 0 Å². The number of methoxy groups -OCH3 is 1. The van der Waals surface area contributed by atoms with Crippen molar-refractivity contribution in [2.45, 2.75) is 6.18 Å². The van der Waals surface area contributed by atoms with Crippen molar-refractivity contribution >= 4 is 29.2 Å². The number of ether oxygens (including phenoxy) is 2. The molecular weight excluding hydrogens is 470 g/mol. The Hall–Kier alpha value is -3.86. The minimum Gasteiger partial charge on any atom is -0.496 e. The number of hydrogen-bond donors (Lipinski definition) is 2. The van der Waals surface area contributed by atoms with E-state index in [1.807, 2.05) is 5.32 Å². The maximum Gasteiger partial charge on any atom is 0.416 e. The molecule has 33 heavy (non-hydrogen) atoms. The molecular formula is C21H14ClF4N3O4. The minimum atomic E-state index is -4.55. The molecule has 12 heteroatoms. The Labute approximate surface area is 189 Å². The van der Waals surface area contributed by atoms with Crippen molar-refractivity contribution in [3.05, 3.63) is 76.7 Å². The van der Waals surface area contributed by atoms with E-state index in [1.54, 1.807) is 0 Å². The molecule has 0 saturated heterocycles. The van der Waals surface area contributed by atoms with Crippen LogP contribution in [0.1, 0.15) is 15.9 Å². The highest BCUT2D eigenvalue weighted by molar-refractivity contribution is 6.32. The van der Waals surface area contributed by atoms with E-state index < -0.39 is 35.1 Å². The van der Waals surface area contributed by atoms with Gasteiger partial charge in [-0.2, -0.15) is 13.2 Å². The van der Waals surface area contributed by atoms with Crippen LogP contribution < -0.4 is 20.1 Å². The summed E-state index contributed by atoms with van der Waals surface area (Å²) in [6, 6.07) is 8.03. The van der Waals surface area contributed by atoms with Crippen LogP contribution >= 0.6 is 11.6 Å². The molecule has 0 atom stereocenters. The quantitative estimate of drug-likeness (QED) is 0.457. The Kier molecular flexibility index (Phi) is 7.02. The summed E-state index contributed by atoms with van der Waals surface area (Å²) in [5.41, 5.74) is -1.22. The van der Waals surface area contributed by atoms with Gasteiger partial charge in [0.2, 0.25) is 5.88 Å². The van der Waals surface area contributed by atoms with E-state index in [1.165, 1.54) is 37.6 Å².